The summed E-state index contributed by atoms with van der Waals surface area (Å²) in [7, 11) is 0. The van der Waals surface area contributed by atoms with Gasteiger partial charge in [0.1, 0.15) is 6.04 Å². The van der Waals surface area contributed by atoms with Crippen molar-refractivity contribution in [3.05, 3.63) is 29.8 Å². The van der Waals surface area contributed by atoms with Crippen LogP contribution in [0, 0.1) is 11.3 Å². The van der Waals surface area contributed by atoms with Gasteiger partial charge in [0.05, 0.1) is 11.6 Å². The Bertz CT molecular complexity index is 365. The normalized spacial score (nSPS) is 11.4. The van der Waals surface area contributed by atoms with E-state index in [9.17, 15) is 4.79 Å². The SMILES string of the molecule is CC(C#N)Nc1ccc(C(=O)O)cc1. The van der Waals surface area contributed by atoms with E-state index in [1.54, 1.807) is 19.1 Å². The monoisotopic (exact) mass is 190 g/mol. The molecule has 0 aliphatic heterocycles. The van der Waals surface area contributed by atoms with Gasteiger partial charge in [0.2, 0.25) is 0 Å². The lowest BCUT2D eigenvalue weighted by Gasteiger charge is -2.07. The van der Waals surface area contributed by atoms with Crippen LogP contribution in [0.3, 0.4) is 0 Å². The van der Waals surface area contributed by atoms with Gasteiger partial charge in [0.15, 0.2) is 0 Å². The van der Waals surface area contributed by atoms with Crippen molar-refractivity contribution >= 4 is 11.7 Å². The fraction of sp³-hybridized carbons (Fsp3) is 0.200. The molecular weight excluding hydrogens is 180 g/mol. The van der Waals surface area contributed by atoms with E-state index in [1.807, 2.05) is 6.07 Å². The first-order valence-electron chi connectivity index (χ1n) is 4.13. The molecule has 1 aromatic carbocycles. The Morgan fingerprint density at radius 3 is 2.50 bits per heavy atom. The molecule has 0 aliphatic carbocycles. The number of carboxylic acids is 1. The van der Waals surface area contributed by atoms with E-state index in [1.165, 1.54) is 12.1 Å². The number of nitrogens with one attached hydrogen (secondary N) is 1. The maximum absolute atomic E-state index is 10.5. The predicted molar refractivity (Wildman–Crippen MR) is 52.1 cm³/mol. The van der Waals surface area contributed by atoms with Crippen LogP contribution in [0.25, 0.3) is 0 Å². The van der Waals surface area contributed by atoms with Crippen molar-refractivity contribution in [2.75, 3.05) is 5.32 Å². The Kier molecular flexibility index (Phi) is 3.08. The first-order valence-corrected chi connectivity index (χ1v) is 4.13. The molecule has 1 atom stereocenters. The number of hydrogen-bond donors (Lipinski definition) is 2. The quantitative estimate of drug-likeness (QED) is 0.760. The molecule has 1 unspecified atom stereocenters. The first-order chi connectivity index (χ1) is 6.63. The van der Waals surface area contributed by atoms with Gasteiger partial charge in [0.25, 0.3) is 0 Å². The summed E-state index contributed by atoms with van der Waals surface area (Å²) in [5.41, 5.74) is 0.976. The third-order valence-electron chi connectivity index (χ3n) is 1.71. The van der Waals surface area contributed by atoms with E-state index < -0.39 is 5.97 Å². The highest BCUT2D eigenvalue weighted by atomic mass is 16.4. The lowest BCUT2D eigenvalue weighted by molar-refractivity contribution is 0.0697. The van der Waals surface area contributed by atoms with Crippen LogP contribution < -0.4 is 5.32 Å². The van der Waals surface area contributed by atoms with E-state index in [0.717, 1.165) is 5.69 Å². The summed E-state index contributed by atoms with van der Waals surface area (Å²) in [5, 5.41) is 20.1. The lowest BCUT2D eigenvalue weighted by atomic mass is 10.2. The highest BCUT2D eigenvalue weighted by molar-refractivity contribution is 5.88. The molecule has 0 fully saturated rings. The van der Waals surface area contributed by atoms with Gasteiger partial charge in [-0.05, 0) is 31.2 Å². The molecule has 1 aromatic rings. The molecule has 0 heterocycles. The van der Waals surface area contributed by atoms with Crippen LogP contribution in [0.5, 0.6) is 0 Å². The second-order valence-corrected chi connectivity index (χ2v) is 2.88. The van der Waals surface area contributed by atoms with Gasteiger partial charge in [-0.3, -0.25) is 0 Å². The van der Waals surface area contributed by atoms with Crippen LogP contribution in [-0.4, -0.2) is 17.1 Å². The van der Waals surface area contributed by atoms with Crippen LogP contribution in [0.1, 0.15) is 17.3 Å². The van der Waals surface area contributed by atoms with Gasteiger partial charge in [-0.25, -0.2) is 4.79 Å². The molecule has 72 valence electrons. The zero-order chi connectivity index (χ0) is 10.6. The molecule has 0 aliphatic rings. The topological polar surface area (TPSA) is 73.1 Å². The number of rotatable bonds is 3. The molecule has 0 saturated heterocycles. The number of hydrogen-bond acceptors (Lipinski definition) is 3. The Morgan fingerprint density at radius 2 is 2.07 bits per heavy atom. The second kappa shape index (κ2) is 4.28. The lowest BCUT2D eigenvalue weighted by Crippen LogP contribution is -2.11. The Morgan fingerprint density at radius 1 is 1.50 bits per heavy atom. The number of anilines is 1. The van der Waals surface area contributed by atoms with E-state index in [4.69, 9.17) is 10.4 Å². The summed E-state index contributed by atoms with van der Waals surface area (Å²) in [6.45, 7) is 1.73. The van der Waals surface area contributed by atoms with Gasteiger partial charge < -0.3 is 10.4 Å². The van der Waals surface area contributed by atoms with Crippen LogP contribution in [0.2, 0.25) is 0 Å². The third-order valence-corrected chi connectivity index (χ3v) is 1.71. The minimum absolute atomic E-state index is 0.236. The van der Waals surface area contributed by atoms with Gasteiger partial charge in [-0.2, -0.15) is 5.26 Å². The van der Waals surface area contributed by atoms with Gasteiger partial charge in [-0.15, -0.1) is 0 Å². The molecule has 0 aromatic heterocycles. The molecule has 0 radical (unpaired) electrons. The molecule has 0 amide bonds. The molecule has 14 heavy (non-hydrogen) atoms. The Balaban J connectivity index is 2.75. The molecule has 0 spiro atoms. The van der Waals surface area contributed by atoms with Crippen LogP contribution in [-0.2, 0) is 0 Å². The molecule has 4 nitrogen and oxygen atoms in total. The van der Waals surface area contributed by atoms with E-state index in [0.29, 0.717) is 0 Å². The van der Waals surface area contributed by atoms with E-state index in [2.05, 4.69) is 5.32 Å². The standard InChI is InChI=1S/C10H10N2O2/c1-7(6-11)12-9-4-2-8(3-5-9)10(13)14/h2-5,7,12H,1H3,(H,13,14). The van der Waals surface area contributed by atoms with Gasteiger partial charge in [-0.1, -0.05) is 0 Å². The van der Waals surface area contributed by atoms with E-state index >= 15 is 0 Å². The number of nitriles is 1. The zero-order valence-corrected chi connectivity index (χ0v) is 7.69. The van der Waals surface area contributed by atoms with Crippen molar-refractivity contribution in [1.82, 2.24) is 0 Å². The number of nitrogens with zero attached hydrogens (tertiary/aromatic N) is 1. The molecule has 0 saturated carbocycles. The maximum Gasteiger partial charge on any atom is 0.335 e. The summed E-state index contributed by atoms with van der Waals surface area (Å²) < 4.78 is 0. The minimum Gasteiger partial charge on any atom is -0.478 e. The summed E-state index contributed by atoms with van der Waals surface area (Å²) in [5.74, 6) is -0.954. The van der Waals surface area contributed by atoms with Crippen LogP contribution >= 0.6 is 0 Å². The van der Waals surface area contributed by atoms with Crippen LogP contribution in [0.15, 0.2) is 24.3 Å². The minimum atomic E-state index is -0.954. The number of carbonyl (C=O) groups is 1. The molecular formula is C10H10N2O2. The summed E-state index contributed by atoms with van der Waals surface area (Å²) >= 11 is 0. The average Bonchev–Trinajstić information content (AvgIpc) is 2.18. The molecule has 1 rings (SSSR count). The number of benzene rings is 1. The second-order valence-electron chi connectivity index (χ2n) is 2.88. The Labute approximate surface area is 81.8 Å². The van der Waals surface area contributed by atoms with Crippen molar-refractivity contribution < 1.29 is 9.90 Å². The van der Waals surface area contributed by atoms with Crippen LogP contribution in [0.4, 0.5) is 5.69 Å². The van der Waals surface area contributed by atoms with Crippen molar-refractivity contribution in [2.45, 2.75) is 13.0 Å². The molecule has 4 heteroatoms. The maximum atomic E-state index is 10.5. The smallest absolute Gasteiger partial charge is 0.335 e. The van der Waals surface area contributed by atoms with Crippen molar-refractivity contribution in [3.63, 3.8) is 0 Å². The fourth-order valence-electron chi connectivity index (χ4n) is 0.991. The number of aromatic carboxylic acids is 1. The van der Waals surface area contributed by atoms with Crippen molar-refractivity contribution in [3.8, 4) is 6.07 Å². The largest absolute Gasteiger partial charge is 0.478 e. The van der Waals surface area contributed by atoms with Crippen molar-refractivity contribution in [2.24, 2.45) is 0 Å². The fourth-order valence-corrected chi connectivity index (χ4v) is 0.991. The van der Waals surface area contributed by atoms with Gasteiger partial charge in [0, 0.05) is 5.69 Å². The summed E-state index contributed by atoms with van der Waals surface area (Å²) in [4.78, 5) is 10.5. The first kappa shape index (κ1) is 10.1. The van der Waals surface area contributed by atoms with E-state index in [-0.39, 0.29) is 11.6 Å². The highest BCUT2D eigenvalue weighted by Crippen LogP contribution is 2.10. The molecule has 2 N–H and O–H groups in total. The number of carboxylic acid groups (broad SMARTS) is 1. The van der Waals surface area contributed by atoms with Gasteiger partial charge >= 0.3 is 5.97 Å². The Hall–Kier alpha value is -2.02. The van der Waals surface area contributed by atoms with Crippen molar-refractivity contribution in [1.29, 1.82) is 5.26 Å². The molecule has 0 bridgehead atoms. The summed E-state index contributed by atoms with van der Waals surface area (Å²) in [6, 6.07) is 8.00. The summed E-state index contributed by atoms with van der Waals surface area (Å²) in [6.07, 6.45) is 0. The third kappa shape index (κ3) is 2.49. The highest BCUT2D eigenvalue weighted by Gasteiger charge is 2.02. The predicted octanol–water partition coefficient (Wildman–Crippen LogP) is 1.71. The zero-order valence-electron chi connectivity index (χ0n) is 7.69. The average molecular weight is 190 g/mol.